The van der Waals surface area contributed by atoms with Gasteiger partial charge in [-0.05, 0) is 18.6 Å². The van der Waals surface area contributed by atoms with E-state index in [2.05, 4.69) is 0 Å². The van der Waals surface area contributed by atoms with Crippen molar-refractivity contribution in [1.82, 2.24) is 9.80 Å². The Hall–Kier alpha value is -2.18. The highest BCUT2D eigenvalue weighted by Crippen LogP contribution is 2.19. The summed E-state index contributed by atoms with van der Waals surface area (Å²) in [6, 6.07) is 1.60. The molecule has 21 heavy (non-hydrogen) atoms. The summed E-state index contributed by atoms with van der Waals surface area (Å²) >= 11 is 0. The maximum absolute atomic E-state index is 13.9. The van der Waals surface area contributed by atoms with E-state index in [1.807, 2.05) is 6.92 Å². The molecule has 7 heteroatoms. The number of hydrogen-bond acceptors (Lipinski definition) is 3. The van der Waals surface area contributed by atoms with Crippen LogP contribution in [0.15, 0.2) is 12.1 Å². The van der Waals surface area contributed by atoms with Crippen LogP contribution in [0.5, 0.6) is 0 Å². The minimum Gasteiger partial charge on any atom is -0.396 e. The van der Waals surface area contributed by atoms with E-state index in [1.165, 1.54) is 9.80 Å². The highest BCUT2D eigenvalue weighted by molar-refractivity contribution is 5.97. The molecule has 0 saturated heterocycles. The van der Waals surface area contributed by atoms with Gasteiger partial charge in [0.15, 0.2) is 5.82 Å². The van der Waals surface area contributed by atoms with Gasteiger partial charge in [0.1, 0.15) is 12.4 Å². The molecule has 0 heterocycles. The van der Waals surface area contributed by atoms with Gasteiger partial charge in [-0.2, -0.15) is 0 Å². The summed E-state index contributed by atoms with van der Waals surface area (Å²) in [7, 11) is 3.11. The summed E-state index contributed by atoms with van der Waals surface area (Å²) < 4.78 is 27.2. The lowest BCUT2D eigenvalue weighted by atomic mass is 10.1. The molecule has 116 valence electrons. The van der Waals surface area contributed by atoms with Gasteiger partial charge in [-0.15, -0.1) is 0 Å². The zero-order chi connectivity index (χ0) is 16.2. The van der Waals surface area contributed by atoms with Crippen molar-refractivity contribution in [3.63, 3.8) is 0 Å². The third-order valence-electron chi connectivity index (χ3n) is 2.90. The van der Waals surface area contributed by atoms with Crippen molar-refractivity contribution < 1.29 is 18.4 Å². The van der Waals surface area contributed by atoms with Crippen LogP contribution in [0.3, 0.4) is 0 Å². The molecule has 1 aromatic rings. The van der Waals surface area contributed by atoms with Crippen LogP contribution >= 0.6 is 0 Å². The Morgan fingerprint density at radius 3 is 2.38 bits per heavy atom. The van der Waals surface area contributed by atoms with E-state index >= 15 is 0 Å². The number of hydrogen-bond donors (Lipinski definition) is 1. The van der Waals surface area contributed by atoms with Crippen LogP contribution < -0.4 is 5.73 Å². The standard InChI is InChI=1S/C14H19F2N3O2/c1-4-5-19(8-12(20)18(2)3)14(21)10-6-9(15)7-11(17)13(10)16/h6-7H,4-5,8,17H2,1-3H3. The Balaban J connectivity index is 3.09. The van der Waals surface area contributed by atoms with E-state index in [-0.39, 0.29) is 19.0 Å². The molecular weight excluding hydrogens is 280 g/mol. The molecule has 1 rings (SSSR count). The molecule has 0 radical (unpaired) electrons. The number of nitrogens with zero attached hydrogens (tertiary/aromatic N) is 2. The summed E-state index contributed by atoms with van der Waals surface area (Å²) in [6.45, 7) is 1.88. The molecular formula is C14H19F2N3O2. The molecule has 0 saturated carbocycles. The predicted octanol–water partition coefficient (Wildman–Crippen LogP) is 1.49. The topological polar surface area (TPSA) is 66.6 Å². The third-order valence-corrected chi connectivity index (χ3v) is 2.90. The minimum absolute atomic E-state index is 0.199. The SMILES string of the molecule is CCCN(CC(=O)N(C)C)C(=O)c1cc(F)cc(N)c1F. The number of anilines is 1. The van der Waals surface area contributed by atoms with Crippen LogP contribution in [0.4, 0.5) is 14.5 Å². The molecule has 0 aliphatic heterocycles. The van der Waals surface area contributed by atoms with Crippen LogP contribution in [-0.2, 0) is 4.79 Å². The Morgan fingerprint density at radius 1 is 1.24 bits per heavy atom. The van der Waals surface area contributed by atoms with Gasteiger partial charge in [0, 0.05) is 20.6 Å². The van der Waals surface area contributed by atoms with Crippen molar-refractivity contribution in [3.8, 4) is 0 Å². The lowest BCUT2D eigenvalue weighted by molar-refractivity contribution is -0.129. The first-order valence-corrected chi connectivity index (χ1v) is 6.51. The van der Waals surface area contributed by atoms with Crippen molar-refractivity contribution in [3.05, 3.63) is 29.3 Å². The fourth-order valence-electron chi connectivity index (χ4n) is 1.76. The first-order chi connectivity index (χ1) is 9.77. The molecule has 2 N–H and O–H groups in total. The smallest absolute Gasteiger partial charge is 0.257 e. The Kier molecular flexibility index (Phi) is 5.63. The molecule has 5 nitrogen and oxygen atoms in total. The van der Waals surface area contributed by atoms with E-state index in [9.17, 15) is 18.4 Å². The molecule has 0 atom stereocenters. The quantitative estimate of drug-likeness (QED) is 0.838. The number of nitrogen functional groups attached to an aromatic ring is 1. The molecule has 0 aliphatic rings. The Bertz CT molecular complexity index is 547. The van der Waals surface area contributed by atoms with E-state index in [0.29, 0.717) is 6.42 Å². The zero-order valence-electron chi connectivity index (χ0n) is 12.3. The maximum Gasteiger partial charge on any atom is 0.257 e. The van der Waals surface area contributed by atoms with Crippen molar-refractivity contribution in [1.29, 1.82) is 0 Å². The second-order valence-electron chi connectivity index (χ2n) is 4.87. The normalized spacial score (nSPS) is 10.3. The number of halogens is 2. The predicted molar refractivity (Wildman–Crippen MR) is 75.7 cm³/mol. The first kappa shape index (κ1) is 16.9. The van der Waals surface area contributed by atoms with Crippen LogP contribution in [0.25, 0.3) is 0 Å². The van der Waals surface area contributed by atoms with Gasteiger partial charge >= 0.3 is 0 Å². The summed E-state index contributed by atoms with van der Waals surface area (Å²) in [5.74, 6) is -2.83. The molecule has 0 unspecified atom stereocenters. The third kappa shape index (κ3) is 4.14. The zero-order valence-corrected chi connectivity index (χ0v) is 12.3. The first-order valence-electron chi connectivity index (χ1n) is 6.51. The summed E-state index contributed by atoms with van der Waals surface area (Å²) in [5, 5.41) is 0. The lowest BCUT2D eigenvalue weighted by Crippen LogP contribution is -2.41. The fraction of sp³-hybridized carbons (Fsp3) is 0.429. The van der Waals surface area contributed by atoms with Crippen molar-refractivity contribution in [2.24, 2.45) is 0 Å². The highest BCUT2D eigenvalue weighted by atomic mass is 19.1. The molecule has 0 fully saturated rings. The molecule has 1 aromatic carbocycles. The molecule has 0 spiro atoms. The van der Waals surface area contributed by atoms with E-state index in [0.717, 1.165) is 12.1 Å². The average molecular weight is 299 g/mol. The van der Waals surface area contributed by atoms with Gasteiger partial charge < -0.3 is 15.5 Å². The number of carbonyl (C=O) groups is 2. The summed E-state index contributed by atoms with van der Waals surface area (Å²) in [5.41, 5.74) is 4.42. The van der Waals surface area contributed by atoms with E-state index < -0.39 is 28.8 Å². The van der Waals surface area contributed by atoms with Crippen LogP contribution in [-0.4, -0.2) is 48.8 Å². The van der Waals surface area contributed by atoms with Gasteiger partial charge in [0.25, 0.3) is 5.91 Å². The van der Waals surface area contributed by atoms with Gasteiger partial charge in [-0.1, -0.05) is 6.92 Å². The largest absolute Gasteiger partial charge is 0.396 e. The maximum atomic E-state index is 13.9. The van der Waals surface area contributed by atoms with Gasteiger partial charge in [0.2, 0.25) is 5.91 Å². The van der Waals surface area contributed by atoms with Gasteiger partial charge in [-0.3, -0.25) is 9.59 Å². The van der Waals surface area contributed by atoms with E-state index in [1.54, 1.807) is 14.1 Å². The second-order valence-corrected chi connectivity index (χ2v) is 4.87. The molecule has 0 aromatic heterocycles. The number of benzene rings is 1. The summed E-state index contributed by atoms with van der Waals surface area (Å²) in [6.07, 6.45) is 0.582. The monoisotopic (exact) mass is 299 g/mol. The fourth-order valence-corrected chi connectivity index (χ4v) is 1.76. The number of carbonyl (C=O) groups excluding carboxylic acids is 2. The Morgan fingerprint density at radius 2 is 1.86 bits per heavy atom. The van der Waals surface area contributed by atoms with Crippen LogP contribution in [0.2, 0.25) is 0 Å². The Labute approximate surface area is 122 Å². The average Bonchev–Trinajstić information content (AvgIpc) is 2.41. The van der Waals surface area contributed by atoms with Gasteiger partial charge in [0.05, 0.1) is 11.3 Å². The van der Waals surface area contributed by atoms with Crippen molar-refractivity contribution in [2.45, 2.75) is 13.3 Å². The van der Waals surface area contributed by atoms with Crippen LogP contribution in [0, 0.1) is 11.6 Å². The molecule has 0 aliphatic carbocycles. The number of amides is 2. The van der Waals surface area contributed by atoms with Crippen LogP contribution in [0.1, 0.15) is 23.7 Å². The van der Waals surface area contributed by atoms with Crippen molar-refractivity contribution >= 4 is 17.5 Å². The summed E-state index contributed by atoms with van der Waals surface area (Å²) in [4.78, 5) is 26.5. The second kappa shape index (κ2) is 7.01. The molecule has 2 amide bonds. The minimum atomic E-state index is -0.972. The molecule has 0 bridgehead atoms. The number of rotatable bonds is 5. The number of nitrogens with two attached hydrogens (primary N) is 1. The van der Waals surface area contributed by atoms with E-state index in [4.69, 9.17) is 5.73 Å². The van der Waals surface area contributed by atoms with Crippen molar-refractivity contribution in [2.75, 3.05) is 32.9 Å². The highest BCUT2D eigenvalue weighted by Gasteiger charge is 2.23. The lowest BCUT2D eigenvalue weighted by Gasteiger charge is -2.23. The number of likely N-dealkylation sites (N-methyl/N-ethyl adjacent to an activating group) is 1. The van der Waals surface area contributed by atoms with Gasteiger partial charge in [-0.25, -0.2) is 8.78 Å².